The van der Waals surface area contributed by atoms with E-state index in [0.717, 1.165) is 21.3 Å². The van der Waals surface area contributed by atoms with E-state index in [-0.39, 0.29) is 6.04 Å². The van der Waals surface area contributed by atoms with Crippen LogP contribution in [0.4, 0.5) is 0 Å². The normalized spacial score (nSPS) is 12.2. The van der Waals surface area contributed by atoms with Crippen LogP contribution >= 0.6 is 27.5 Å². The van der Waals surface area contributed by atoms with Gasteiger partial charge in [0.1, 0.15) is 5.75 Å². The molecule has 0 amide bonds. The summed E-state index contributed by atoms with van der Waals surface area (Å²) in [5, 5.41) is 0.676. The minimum atomic E-state index is -0.0405. The van der Waals surface area contributed by atoms with Crippen LogP contribution in [0.3, 0.4) is 0 Å². The Hall–Kier alpha value is -1.07. The summed E-state index contributed by atoms with van der Waals surface area (Å²) in [5.41, 5.74) is 4.95. The molecule has 0 spiro atoms. The molecule has 2 aromatic carbocycles. The van der Waals surface area contributed by atoms with Crippen LogP contribution in [-0.2, 0) is 6.42 Å². The molecule has 0 fully saturated rings. The topological polar surface area (TPSA) is 47.3 Å². The van der Waals surface area contributed by atoms with Crippen LogP contribution < -0.4 is 16.0 Å². The van der Waals surface area contributed by atoms with Gasteiger partial charge >= 0.3 is 0 Å². The molecule has 20 heavy (non-hydrogen) atoms. The van der Waals surface area contributed by atoms with Crippen LogP contribution in [-0.4, -0.2) is 7.11 Å². The number of hydrazine groups is 1. The Bertz CT molecular complexity index is 572. The third-order valence-electron chi connectivity index (χ3n) is 3.10. The smallest absolute Gasteiger partial charge is 0.122 e. The molecular formula is C15H16BrClN2O. The van der Waals surface area contributed by atoms with E-state index in [9.17, 15) is 0 Å². The fourth-order valence-electron chi connectivity index (χ4n) is 2.14. The number of benzene rings is 2. The lowest BCUT2D eigenvalue weighted by Crippen LogP contribution is -2.29. The van der Waals surface area contributed by atoms with Gasteiger partial charge in [0.2, 0.25) is 0 Å². The van der Waals surface area contributed by atoms with Gasteiger partial charge in [-0.15, -0.1) is 0 Å². The number of nitrogens with two attached hydrogens (primary N) is 1. The highest BCUT2D eigenvalue weighted by atomic mass is 79.9. The third-order valence-corrected chi connectivity index (χ3v) is 3.78. The van der Waals surface area contributed by atoms with Crippen molar-refractivity contribution in [1.29, 1.82) is 0 Å². The number of para-hydroxylation sites is 1. The monoisotopic (exact) mass is 354 g/mol. The van der Waals surface area contributed by atoms with Crippen molar-refractivity contribution in [1.82, 2.24) is 5.43 Å². The van der Waals surface area contributed by atoms with Gasteiger partial charge in [-0.2, -0.15) is 0 Å². The molecule has 1 atom stereocenters. The first-order chi connectivity index (χ1) is 9.63. The van der Waals surface area contributed by atoms with Crippen molar-refractivity contribution >= 4 is 27.5 Å². The first-order valence-corrected chi connectivity index (χ1v) is 7.35. The highest BCUT2D eigenvalue weighted by Crippen LogP contribution is 2.28. The van der Waals surface area contributed by atoms with Crippen LogP contribution in [0.1, 0.15) is 17.2 Å². The van der Waals surface area contributed by atoms with E-state index in [2.05, 4.69) is 21.4 Å². The van der Waals surface area contributed by atoms with E-state index < -0.39 is 0 Å². The molecule has 0 saturated heterocycles. The van der Waals surface area contributed by atoms with Crippen LogP contribution in [0.15, 0.2) is 46.9 Å². The van der Waals surface area contributed by atoms with Gasteiger partial charge < -0.3 is 4.74 Å². The summed E-state index contributed by atoms with van der Waals surface area (Å²) in [6.07, 6.45) is 0.716. The summed E-state index contributed by atoms with van der Waals surface area (Å²) in [5.74, 6) is 6.55. The molecule has 0 bridgehead atoms. The van der Waals surface area contributed by atoms with Crippen molar-refractivity contribution in [3.05, 3.63) is 63.1 Å². The predicted molar refractivity (Wildman–Crippen MR) is 85.9 cm³/mol. The van der Waals surface area contributed by atoms with Crippen molar-refractivity contribution < 1.29 is 4.74 Å². The molecule has 5 heteroatoms. The van der Waals surface area contributed by atoms with Crippen LogP contribution in [0, 0.1) is 0 Å². The molecule has 0 radical (unpaired) electrons. The Morgan fingerprint density at radius 3 is 2.70 bits per heavy atom. The van der Waals surface area contributed by atoms with Crippen molar-refractivity contribution in [2.75, 3.05) is 7.11 Å². The number of hydrogen-bond donors (Lipinski definition) is 2. The van der Waals surface area contributed by atoms with Crippen LogP contribution in [0.25, 0.3) is 0 Å². The molecule has 1 unspecified atom stereocenters. The van der Waals surface area contributed by atoms with Gasteiger partial charge in [-0.3, -0.25) is 11.3 Å². The van der Waals surface area contributed by atoms with E-state index >= 15 is 0 Å². The van der Waals surface area contributed by atoms with E-state index in [4.69, 9.17) is 22.2 Å². The second-order valence-corrected chi connectivity index (χ2v) is 5.79. The van der Waals surface area contributed by atoms with Crippen LogP contribution in [0.2, 0.25) is 5.02 Å². The van der Waals surface area contributed by atoms with Crippen molar-refractivity contribution in [3.63, 3.8) is 0 Å². The maximum atomic E-state index is 6.09. The molecule has 0 saturated carbocycles. The molecule has 0 aromatic heterocycles. The zero-order chi connectivity index (χ0) is 14.5. The van der Waals surface area contributed by atoms with Gasteiger partial charge in [0.05, 0.1) is 13.2 Å². The Morgan fingerprint density at radius 1 is 1.30 bits per heavy atom. The molecule has 106 valence electrons. The molecule has 2 rings (SSSR count). The van der Waals surface area contributed by atoms with E-state index in [1.54, 1.807) is 7.11 Å². The molecular weight excluding hydrogens is 340 g/mol. The molecule has 0 heterocycles. The van der Waals surface area contributed by atoms with Crippen molar-refractivity contribution in [2.24, 2.45) is 5.84 Å². The standard InChI is InChI=1S/C15H16BrClN2O/c1-20-15-5-3-2-4-10(15)8-14(19-18)11-6-12(16)9-13(17)7-11/h2-7,9,14,19H,8,18H2,1H3. The lowest BCUT2D eigenvalue weighted by Gasteiger charge is -2.18. The number of rotatable bonds is 5. The molecule has 3 N–H and O–H groups in total. The molecule has 2 aromatic rings. The van der Waals surface area contributed by atoms with Gasteiger partial charge in [0.25, 0.3) is 0 Å². The zero-order valence-electron chi connectivity index (χ0n) is 11.1. The average Bonchev–Trinajstić information content (AvgIpc) is 2.44. The van der Waals surface area contributed by atoms with Crippen molar-refractivity contribution in [3.8, 4) is 5.75 Å². The molecule has 3 nitrogen and oxygen atoms in total. The number of halogens is 2. The maximum absolute atomic E-state index is 6.09. The lowest BCUT2D eigenvalue weighted by atomic mass is 9.99. The number of hydrogen-bond acceptors (Lipinski definition) is 3. The minimum absolute atomic E-state index is 0.0405. The summed E-state index contributed by atoms with van der Waals surface area (Å²) in [6.45, 7) is 0. The first-order valence-electron chi connectivity index (χ1n) is 6.18. The lowest BCUT2D eigenvalue weighted by molar-refractivity contribution is 0.405. The van der Waals surface area contributed by atoms with Gasteiger partial charge in [-0.25, -0.2) is 0 Å². The second-order valence-electron chi connectivity index (χ2n) is 4.44. The summed E-state index contributed by atoms with van der Waals surface area (Å²) in [6, 6.07) is 13.6. The summed E-state index contributed by atoms with van der Waals surface area (Å²) in [4.78, 5) is 0. The SMILES string of the molecule is COc1ccccc1CC(NN)c1cc(Cl)cc(Br)c1. The Morgan fingerprint density at radius 2 is 2.05 bits per heavy atom. The van der Waals surface area contributed by atoms with Crippen molar-refractivity contribution in [2.45, 2.75) is 12.5 Å². The maximum Gasteiger partial charge on any atom is 0.122 e. The van der Waals surface area contributed by atoms with E-state index in [1.165, 1.54) is 0 Å². The quantitative estimate of drug-likeness (QED) is 0.632. The number of nitrogens with one attached hydrogen (secondary N) is 1. The number of methoxy groups -OCH3 is 1. The largest absolute Gasteiger partial charge is 0.496 e. The van der Waals surface area contributed by atoms with E-state index in [0.29, 0.717) is 11.4 Å². The molecule has 0 aliphatic heterocycles. The molecule has 0 aliphatic carbocycles. The van der Waals surface area contributed by atoms with Gasteiger partial charge in [-0.05, 0) is 41.8 Å². The van der Waals surface area contributed by atoms with Gasteiger partial charge in [0, 0.05) is 9.50 Å². The highest BCUT2D eigenvalue weighted by molar-refractivity contribution is 9.10. The van der Waals surface area contributed by atoms with Gasteiger partial charge in [0.15, 0.2) is 0 Å². The summed E-state index contributed by atoms with van der Waals surface area (Å²) < 4.78 is 6.30. The first kappa shape index (κ1) is 15.3. The Labute approximate surface area is 132 Å². The zero-order valence-corrected chi connectivity index (χ0v) is 13.4. The fourth-order valence-corrected chi connectivity index (χ4v) is 3.03. The average molecular weight is 356 g/mol. The minimum Gasteiger partial charge on any atom is -0.496 e. The third kappa shape index (κ3) is 3.73. The number of ether oxygens (including phenoxy) is 1. The molecule has 0 aliphatic rings. The summed E-state index contributed by atoms with van der Waals surface area (Å²) in [7, 11) is 1.67. The second kappa shape index (κ2) is 7.09. The Kier molecular flexibility index (Phi) is 5.43. The Balaban J connectivity index is 2.28. The van der Waals surface area contributed by atoms with Gasteiger partial charge in [-0.1, -0.05) is 45.7 Å². The summed E-state index contributed by atoms with van der Waals surface area (Å²) >= 11 is 9.54. The predicted octanol–water partition coefficient (Wildman–Crippen LogP) is 3.86. The van der Waals surface area contributed by atoms with E-state index in [1.807, 2.05) is 42.5 Å². The fraction of sp³-hybridized carbons (Fsp3) is 0.200. The van der Waals surface area contributed by atoms with Crippen LogP contribution in [0.5, 0.6) is 5.75 Å². The highest BCUT2D eigenvalue weighted by Gasteiger charge is 2.14.